The van der Waals surface area contributed by atoms with E-state index in [1.807, 2.05) is 54.7 Å². The molecule has 1 saturated heterocycles. The summed E-state index contributed by atoms with van der Waals surface area (Å²) in [7, 11) is -1.42. The highest BCUT2D eigenvalue weighted by Gasteiger charge is 2.36. The summed E-state index contributed by atoms with van der Waals surface area (Å²) in [6, 6.07) is 0.184. The Hall–Kier alpha value is -1.46. The van der Waals surface area contributed by atoms with Crippen molar-refractivity contribution in [2.24, 2.45) is 17.8 Å². The fraction of sp³-hybridized carbons (Fsp3) is 0.878. The number of hydrogen-bond donors (Lipinski definition) is 4. The third-order valence-electron chi connectivity index (χ3n) is 10.6. The number of carbonyl (C=O) groups is 1. The van der Waals surface area contributed by atoms with Crippen LogP contribution in [0.4, 0.5) is 0 Å². The highest BCUT2D eigenvalue weighted by Crippen LogP contribution is 2.31. The number of amides is 1. The van der Waals surface area contributed by atoms with Crippen molar-refractivity contribution in [3.05, 3.63) is 24.6 Å². The second kappa shape index (κ2) is 25.5. The van der Waals surface area contributed by atoms with Crippen LogP contribution in [0.2, 0.25) is 0 Å². The minimum absolute atomic E-state index is 0.0694. The molecular weight excluding hydrogens is 663 g/mol. The molecule has 0 spiro atoms. The lowest BCUT2D eigenvalue weighted by Gasteiger charge is -2.29. The van der Waals surface area contributed by atoms with Crippen molar-refractivity contribution < 1.29 is 27.8 Å². The predicted molar refractivity (Wildman–Crippen MR) is 215 cm³/mol. The summed E-state index contributed by atoms with van der Waals surface area (Å²) in [5, 5.41) is 19.1. The molecule has 0 aromatic rings. The zero-order chi connectivity index (χ0) is 39.3. The number of nitrogens with one attached hydrogen (secondary N) is 3. The number of likely N-dealkylation sites (N-methyl/N-ethyl adjacent to an activating group) is 1. The summed E-state index contributed by atoms with van der Waals surface area (Å²) in [5.74, 6) is 0.460. The minimum Gasteiger partial charge on any atom is -0.392 e. The van der Waals surface area contributed by atoms with E-state index in [2.05, 4.69) is 36.4 Å². The Balaban J connectivity index is 0.000000896. The maximum absolute atomic E-state index is 13.0. The van der Waals surface area contributed by atoms with Gasteiger partial charge >= 0.3 is 0 Å². The van der Waals surface area contributed by atoms with Crippen LogP contribution < -0.4 is 16.0 Å². The fourth-order valence-corrected chi connectivity index (χ4v) is 7.69. The molecule has 0 aromatic carbocycles. The Bertz CT molecular complexity index is 1080. The van der Waals surface area contributed by atoms with Gasteiger partial charge in [-0.3, -0.25) is 4.79 Å². The SMILES string of the molecule is C=CN/C(=C\C)CC(C)NC(=O)C(CC1CCCCC1)CS(=O)(=O)C(C)(C)C.CC1OCOC1(C)C.CCCCCC(C)CC(NC)C(O)CC. The molecule has 1 saturated carbocycles. The monoisotopic (exact) mass is 744 g/mol. The molecule has 302 valence electrons. The first-order valence-corrected chi connectivity index (χ1v) is 21.6. The molecule has 1 aliphatic heterocycles. The molecular formula is C41H81N3O6S. The zero-order valence-corrected chi connectivity index (χ0v) is 35.7. The largest absolute Gasteiger partial charge is 0.392 e. The van der Waals surface area contributed by atoms with Crippen LogP contribution in [-0.2, 0) is 24.1 Å². The molecule has 2 aliphatic rings. The molecule has 0 radical (unpaired) electrons. The van der Waals surface area contributed by atoms with E-state index in [-0.39, 0.29) is 41.6 Å². The van der Waals surface area contributed by atoms with Gasteiger partial charge in [0, 0.05) is 24.2 Å². The van der Waals surface area contributed by atoms with Gasteiger partial charge in [-0.15, -0.1) is 0 Å². The number of aliphatic hydroxyl groups is 1. The van der Waals surface area contributed by atoms with E-state index in [0.29, 0.717) is 25.6 Å². The average Bonchev–Trinajstić information content (AvgIpc) is 3.38. The van der Waals surface area contributed by atoms with Gasteiger partial charge in [-0.25, -0.2) is 8.42 Å². The van der Waals surface area contributed by atoms with E-state index in [0.717, 1.165) is 37.3 Å². The number of allylic oxidation sites excluding steroid dienone is 1. The average molecular weight is 744 g/mol. The summed E-state index contributed by atoms with van der Waals surface area (Å²) < 4.78 is 35.1. The molecule has 0 bridgehead atoms. The Labute approximate surface area is 314 Å². The standard InChI is InChI=1S/C22H40N2O3S.C13H29NO.C6H12O2/c1-7-20(23-8-2)14-17(3)24-21(25)19(15-18-12-10-9-11-13-18)16-28(26,27)22(4,5)6;1-5-7-8-9-11(3)10-12(14-4)13(15)6-2;1-5-6(2,3)8-4-7-5/h7-8,17-19,23H,2,9-16H2,1,3-6H3,(H,24,25);11-15H,5-10H2,1-4H3;5H,4H2,1-3H3/b20-7-;;. The number of rotatable bonds is 19. The van der Waals surface area contributed by atoms with Crippen LogP contribution in [0.15, 0.2) is 24.6 Å². The predicted octanol–water partition coefficient (Wildman–Crippen LogP) is 8.43. The lowest BCUT2D eigenvalue weighted by Crippen LogP contribution is -2.43. The van der Waals surface area contributed by atoms with Gasteiger partial charge < -0.3 is 30.5 Å². The van der Waals surface area contributed by atoms with Crippen molar-refractivity contribution in [1.82, 2.24) is 16.0 Å². The molecule has 1 heterocycles. The second-order valence-electron chi connectivity index (χ2n) is 16.5. The molecule has 1 aliphatic carbocycles. The van der Waals surface area contributed by atoms with E-state index >= 15 is 0 Å². The zero-order valence-electron chi connectivity index (χ0n) is 34.9. The number of aliphatic hydroxyl groups excluding tert-OH is 1. The summed E-state index contributed by atoms with van der Waals surface area (Å²) in [4.78, 5) is 13.0. The van der Waals surface area contributed by atoms with Gasteiger partial charge in [0.05, 0.1) is 34.2 Å². The van der Waals surface area contributed by atoms with Gasteiger partial charge in [0.1, 0.15) is 6.79 Å². The van der Waals surface area contributed by atoms with Crippen LogP contribution >= 0.6 is 0 Å². The molecule has 1 amide bonds. The third kappa shape index (κ3) is 20.5. The van der Waals surface area contributed by atoms with Crippen molar-refractivity contribution in [3.8, 4) is 0 Å². The summed E-state index contributed by atoms with van der Waals surface area (Å²) in [6.07, 6.45) is 17.9. The number of sulfone groups is 1. The van der Waals surface area contributed by atoms with Gasteiger partial charge in [-0.05, 0) is 99.7 Å². The first kappa shape index (κ1) is 49.5. The van der Waals surface area contributed by atoms with E-state index in [4.69, 9.17) is 9.47 Å². The molecule has 6 atom stereocenters. The molecule has 2 fully saturated rings. The second-order valence-corrected chi connectivity index (χ2v) is 19.3. The maximum Gasteiger partial charge on any atom is 0.224 e. The first-order valence-electron chi connectivity index (χ1n) is 19.9. The van der Waals surface area contributed by atoms with E-state index < -0.39 is 20.5 Å². The molecule has 0 aromatic heterocycles. The van der Waals surface area contributed by atoms with Gasteiger partial charge in [0.2, 0.25) is 5.91 Å². The van der Waals surface area contributed by atoms with Gasteiger partial charge in [0.25, 0.3) is 0 Å². The van der Waals surface area contributed by atoms with Crippen molar-refractivity contribution in [2.75, 3.05) is 19.6 Å². The third-order valence-corrected chi connectivity index (χ3v) is 13.3. The van der Waals surface area contributed by atoms with E-state index in [1.54, 1.807) is 27.0 Å². The van der Waals surface area contributed by atoms with Crippen LogP contribution in [-0.4, -0.2) is 73.7 Å². The van der Waals surface area contributed by atoms with Crippen LogP contribution in [0, 0.1) is 17.8 Å². The molecule has 2 rings (SSSR count). The van der Waals surface area contributed by atoms with E-state index in [9.17, 15) is 18.3 Å². The summed E-state index contributed by atoms with van der Waals surface area (Å²) >= 11 is 0. The highest BCUT2D eigenvalue weighted by molar-refractivity contribution is 7.92. The first-order chi connectivity index (χ1) is 23.8. The summed E-state index contributed by atoms with van der Waals surface area (Å²) in [5.41, 5.74) is 0.911. The lowest BCUT2D eigenvalue weighted by molar-refractivity contribution is -0.125. The smallest absolute Gasteiger partial charge is 0.224 e. The van der Waals surface area contributed by atoms with Crippen LogP contribution in [0.1, 0.15) is 160 Å². The Kier molecular flexibility index (Phi) is 24.8. The highest BCUT2D eigenvalue weighted by atomic mass is 32.2. The van der Waals surface area contributed by atoms with Gasteiger partial charge in [-0.1, -0.05) is 91.2 Å². The molecule has 6 unspecified atom stereocenters. The molecule has 9 nitrogen and oxygen atoms in total. The quantitative estimate of drug-likeness (QED) is 0.0972. The Morgan fingerprint density at radius 1 is 1.10 bits per heavy atom. The normalized spacial score (nSPS) is 21.1. The van der Waals surface area contributed by atoms with Crippen molar-refractivity contribution in [3.63, 3.8) is 0 Å². The number of unbranched alkanes of at least 4 members (excludes halogenated alkanes) is 2. The number of hydrogen-bond acceptors (Lipinski definition) is 8. The number of ether oxygens (including phenoxy) is 2. The fourth-order valence-electron chi connectivity index (χ4n) is 6.38. The Morgan fingerprint density at radius 3 is 2.16 bits per heavy atom. The van der Waals surface area contributed by atoms with Crippen molar-refractivity contribution in [2.45, 2.75) is 194 Å². The van der Waals surface area contributed by atoms with Crippen LogP contribution in [0.5, 0.6) is 0 Å². The van der Waals surface area contributed by atoms with Crippen molar-refractivity contribution >= 4 is 15.7 Å². The topological polar surface area (TPSA) is 126 Å². The van der Waals surface area contributed by atoms with Gasteiger partial charge in [0.15, 0.2) is 9.84 Å². The number of carbonyl (C=O) groups excluding carboxylic acids is 1. The Morgan fingerprint density at radius 2 is 1.73 bits per heavy atom. The van der Waals surface area contributed by atoms with E-state index in [1.165, 1.54) is 44.9 Å². The van der Waals surface area contributed by atoms with Crippen molar-refractivity contribution in [1.29, 1.82) is 0 Å². The lowest BCUT2D eigenvalue weighted by atomic mass is 9.83. The van der Waals surface area contributed by atoms with Crippen LogP contribution in [0.25, 0.3) is 0 Å². The molecule has 51 heavy (non-hydrogen) atoms. The molecule has 4 N–H and O–H groups in total. The molecule has 10 heteroatoms. The van der Waals surface area contributed by atoms with Gasteiger partial charge in [-0.2, -0.15) is 0 Å². The summed E-state index contributed by atoms with van der Waals surface area (Å²) in [6.45, 7) is 25.8. The van der Waals surface area contributed by atoms with Crippen LogP contribution in [0.3, 0.4) is 0 Å². The maximum atomic E-state index is 13.0. The minimum atomic E-state index is -3.36.